The van der Waals surface area contributed by atoms with Crippen molar-refractivity contribution in [3.05, 3.63) is 35.3 Å². The Morgan fingerprint density at radius 2 is 2.06 bits per heavy atom. The summed E-state index contributed by atoms with van der Waals surface area (Å²) in [5.41, 5.74) is 0.810. The highest BCUT2D eigenvalue weighted by atomic mass is 32.2. The predicted molar refractivity (Wildman–Crippen MR) is 104 cm³/mol. The molecule has 0 aliphatic rings. The largest absolute Gasteiger partial charge is 0.300 e. The molecule has 0 unspecified atom stereocenters. The Bertz CT molecular complexity index is 1050. The van der Waals surface area contributed by atoms with Crippen LogP contribution < -0.4 is 10.6 Å². The highest BCUT2D eigenvalue weighted by molar-refractivity contribution is 7.99. The highest BCUT2D eigenvalue weighted by Crippen LogP contribution is 2.27. The van der Waals surface area contributed by atoms with Crippen molar-refractivity contribution in [2.75, 3.05) is 11.5 Å². The standard InChI is InChI=1S/C16H18F3N5O5S2/c17-12-4-3-9(8-11(12)14(18)19)21-15(22-26)13-16(24-29-23-13)30-6-1-2-10(25)5-7-31(20,27)28/h3-4,8,14,26H,1-2,5-7H2,(H,21,22)(H2,20,27,28). The second-order valence-electron chi connectivity index (χ2n) is 6.10. The molecule has 0 bridgehead atoms. The first-order valence-corrected chi connectivity index (χ1v) is 11.3. The van der Waals surface area contributed by atoms with E-state index in [4.69, 9.17) is 5.14 Å². The summed E-state index contributed by atoms with van der Waals surface area (Å²) in [7, 11) is -3.70. The number of rotatable bonds is 11. The smallest absolute Gasteiger partial charge is 0.266 e. The molecule has 170 valence electrons. The zero-order valence-electron chi connectivity index (χ0n) is 15.8. The van der Waals surface area contributed by atoms with E-state index in [-0.39, 0.29) is 40.9 Å². The number of aromatic nitrogens is 2. The number of alkyl halides is 2. The van der Waals surface area contributed by atoms with Crippen LogP contribution in [0, 0.1) is 5.82 Å². The summed E-state index contributed by atoms with van der Waals surface area (Å²) in [5, 5.41) is 21.6. The van der Waals surface area contributed by atoms with E-state index in [2.05, 4.69) is 19.9 Å². The molecule has 0 atom stereocenters. The fourth-order valence-corrected chi connectivity index (χ4v) is 3.62. The molecule has 31 heavy (non-hydrogen) atoms. The zero-order chi connectivity index (χ0) is 23.0. The number of ketones is 1. The lowest BCUT2D eigenvalue weighted by molar-refractivity contribution is -0.118. The maximum Gasteiger partial charge on any atom is 0.266 e. The first-order valence-electron chi connectivity index (χ1n) is 8.65. The van der Waals surface area contributed by atoms with Gasteiger partial charge in [0, 0.05) is 18.6 Å². The van der Waals surface area contributed by atoms with Gasteiger partial charge in [0.1, 0.15) is 11.6 Å². The molecule has 1 heterocycles. The van der Waals surface area contributed by atoms with Gasteiger partial charge in [-0.25, -0.2) is 36.3 Å². The Hall–Kier alpha value is -2.49. The lowest BCUT2D eigenvalue weighted by Crippen LogP contribution is -2.21. The van der Waals surface area contributed by atoms with Gasteiger partial charge in [0.05, 0.1) is 17.0 Å². The number of nitrogens with zero attached hydrogens (tertiary/aromatic N) is 3. The van der Waals surface area contributed by atoms with Gasteiger partial charge in [0.25, 0.3) is 6.43 Å². The SMILES string of the molecule is NS(=O)(=O)CCC(=O)CCCSc1nonc1C(=Nc1ccc(F)c(C(F)F)c1)NO. The number of hydrogen-bond acceptors (Lipinski definition) is 9. The number of amidine groups is 1. The van der Waals surface area contributed by atoms with E-state index in [0.29, 0.717) is 12.2 Å². The van der Waals surface area contributed by atoms with Crippen LogP contribution >= 0.6 is 11.8 Å². The van der Waals surface area contributed by atoms with Gasteiger partial charge in [-0.1, -0.05) is 0 Å². The number of primary sulfonamides is 1. The number of benzene rings is 1. The molecule has 2 rings (SSSR count). The number of halogens is 3. The Morgan fingerprint density at radius 3 is 2.71 bits per heavy atom. The number of nitrogens with one attached hydrogen (secondary N) is 1. The van der Waals surface area contributed by atoms with Gasteiger partial charge in [-0.3, -0.25) is 15.5 Å². The van der Waals surface area contributed by atoms with Crippen molar-refractivity contribution in [1.29, 1.82) is 0 Å². The number of carbonyl (C=O) groups excluding carboxylic acids is 1. The highest BCUT2D eigenvalue weighted by Gasteiger charge is 2.19. The van der Waals surface area contributed by atoms with Crippen molar-refractivity contribution in [3.63, 3.8) is 0 Å². The first-order chi connectivity index (χ1) is 14.6. The third kappa shape index (κ3) is 7.93. The maximum atomic E-state index is 13.4. The molecule has 1 aromatic carbocycles. The Labute approximate surface area is 179 Å². The molecule has 2 aromatic rings. The summed E-state index contributed by atoms with van der Waals surface area (Å²) in [6.45, 7) is 0. The molecule has 0 aliphatic carbocycles. The molecular formula is C16H18F3N5O5S2. The molecule has 0 radical (unpaired) electrons. The van der Waals surface area contributed by atoms with E-state index >= 15 is 0 Å². The van der Waals surface area contributed by atoms with Gasteiger partial charge < -0.3 is 0 Å². The van der Waals surface area contributed by atoms with Gasteiger partial charge >= 0.3 is 0 Å². The first kappa shape index (κ1) is 24.8. The fourth-order valence-electron chi connectivity index (χ4n) is 2.27. The van der Waals surface area contributed by atoms with Gasteiger partial charge in [-0.15, -0.1) is 11.8 Å². The van der Waals surface area contributed by atoms with E-state index in [0.717, 1.165) is 30.0 Å². The third-order valence-electron chi connectivity index (χ3n) is 3.75. The molecule has 0 aliphatic heterocycles. The summed E-state index contributed by atoms with van der Waals surface area (Å²) in [5.74, 6) is -1.69. The Morgan fingerprint density at radius 1 is 1.32 bits per heavy atom. The van der Waals surface area contributed by atoms with Gasteiger partial charge in [0.2, 0.25) is 10.0 Å². The van der Waals surface area contributed by atoms with Crippen molar-refractivity contribution >= 4 is 39.1 Å². The minimum Gasteiger partial charge on any atom is -0.300 e. The van der Waals surface area contributed by atoms with E-state index in [9.17, 15) is 31.6 Å². The number of carbonyl (C=O) groups is 1. The molecule has 0 amide bonds. The van der Waals surface area contributed by atoms with Gasteiger partial charge in [0.15, 0.2) is 16.6 Å². The van der Waals surface area contributed by atoms with Crippen molar-refractivity contribution in [1.82, 2.24) is 15.8 Å². The second kappa shape index (κ2) is 11.2. The molecular weight excluding hydrogens is 463 g/mol. The zero-order valence-corrected chi connectivity index (χ0v) is 17.4. The molecule has 15 heteroatoms. The van der Waals surface area contributed by atoms with E-state index in [1.54, 1.807) is 5.48 Å². The summed E-state index contributed by atoms with van der Waals surface area (Å²) in [4.78, 5) is 15.6. The average molecular weight is 481 g/mol. The van der Waals surface area contributed by atoms with E-state index < -0.39 is 33.6 Å². The number of sulfonamides is 1. The van der Waals surface area contributed by atoms with Crippen LogP contribution in [0.5, 0.6) is 0 Å². The van der Waals surface area contributed by atoms with Crippen molar-refractivity contribution in [3.8, 4) is 0 Å². The number of hydroxylamine groups is 1. The normalized spacial score (nSPS) is 12.4. The van der Waals surface area contributed by atoms with Crippen LogP contribution in [0.1, 0.15) is 36.9 Å². The van der Waals surface area contributed by atoms with E-state index in [1.165, 1.54) is 0 Å². The second-order valence-corrected chi connectivity index (χ2v) is 8.92. The number of hydrogen-bond donors (Lipinski definition) is 3. The molecule has 0 saturated carbocycles. The molecule has 0 fully saturated rings. The topological polar surface area (TPSA) is 161 Å². The van der Waals surface area contributed by atoms with Gasteiger partial charge in [-0.2, -0.15) is 0 Å². The summed E-state index contributed by atoms with van der Waals surface area (Å²) >= 11 is 1.11. The summed E-state index contributed by atoms with van der Waals surface area (Å²) in [6.07, 6.45) is -2.72. The fraction of sp³-hybridized carbons (Fsp3) is 0.375. The number of aliphatic imine (C=N–C) groups is 1. The minimum atomic E-state index is -3.70. The molecule has 10 nitrogen and oxygen atoms in total. The quantitative estimate of drug-likeness (QED) is 0.144. The lowest BCUT2D eigenvalue weighted by atomic mass is 10.2. The number of nitrogens with two attached hydrogens (primary N) is 1. The predicted octanol–water partition coefficient (Wildman–Crippen LogP) is 2.32. The maximum absolute atomic E-state index is 13.4. The van der Waals surface area contributed by atoms with Crippen LogP contribution in [0.2, 0.25) is 0 Å². The van der Waals surface area contributed by atoms with Crippen LogP contribution in [-0.2, 0) is 14.8 Å². The van der Waals surface area contributed by atoms with Crippen molar-refractivity contribution in [2.24, 2.45) is 10.1 Å². The molecule has 4 N–H and O–H groups in total. The number of Topliss-reactive ketones (excluding diaryl/α,β-unsaturated/α-hetero) is 1. The monoisotopic (exact) mass is 481 g/mol. The molecule has 1 aromatic heterocycles. The molecule has 0 saturated heterocycles. The van der Waals surface area contributed by atoms with Crippen LogP contribution in [0.25, 0.3) is 0 Å². The lowest BCUT2D eigenvalue weighted by Gasteiger charge is -2.05. The van der Waals surface area contributed by atoms with Crippen LogP contribution in [0.4, 0.5) is 18.9 Å². The average Bonchev–Trinajstić information content (AvgIpc) is 3.16. The van der Waals surface area contributed by atoms with Crippen LogP contribution in [0.15, 0.2) is 32.8 Å². The third-order valence-corrected chi connectivity index (χ3v) is 5.56. The Kier molecular flexibility index (Phi) is 8.97. The van der Waals surface area contributed by atoms with Crippen LogP contribution in [-0.4, -0.2) is 47.1 Å². The van der Waals surface area contributed by atoms with Crippen molar-refractivity contribution < 1.29 is 36.2 Å². The minimum absolute atomic E-state index is 0.0315. The van der Waals surface area contributed by atoms with E-state index in [1.807, 2.05) is 0 Å². The summed E-state index contributed by atoms with van der Waals surface area (Å²) < 4.78 is 65.4. The molecule has 0 spiro atoms. The van der Waals surface area contributed by atoms with Crippen molar-refractivity contribution in [2.45, 2.75) is 30.7 Å². The Balaban J connectivity index is 2.02. The summed E-state index contributed by atoms with van der Waals surface area (Å²) in [6, 6.07) is 2.77. The number of thioether (sulfide) groups is 1. The van der Waals surface area contributed by atoms with Gasteiger partial charge in [-0.05, 0) is 34.9 Å². The van der Waals surface area contributed by atoms with Crippen LogP contribution in [0.3, 0.4) is 0 Å².